The highest BCUT2D eigenvalue weighted by Crippen LogP contribution is 2.29. The van der Waals surface area contributed by atoms with Crippen molar-refractivity contribution in [3.8, 4) is 5.75 Å². The Kier molecular flexibility index (Phi) is 8.07. The van der Waals surface area contributed by atoms with E-state index in [0.29, 0.717) is 17.1 Å². The minimum Gasteiger partial charge on any atom is -0.489 e. The molecule has 5 heteroatoms. The Morgan fingerprint density at radius 3 is 2.56 bits per heavy atom. The largest absolute Gasteiger partial charge is 0.489 e. The first-order valence-corrected chi connectivity index (χ1v) is 6.15. The Labute approximate surface area is 117 Å². The van der Waals surface area contributed by atoms with E-state index >= 15 is 0 Å². The second-order valence-electron chi connectivity index (χ2n) is 3.43. The van der Waals surface area contributed by atoms with Crippen LogP contribution >= 0.6 is 15.9 Å². The number of nitrogens with one attached hydrogen (secondary N) is 1. The molecule has 0 heterocycles. The van der Waals surface area contributed by atoms with E-state index in [4.69, 9.17) is 15.3 Å². The summed E-state index contributed by atoms with van der Waals surface area (Å²) in [5, 5.41) is 16.7. The zero-order chi connectivity index (χ0) is 14.1. The van der Waals surface area contributed by atoms with E-state index < -0.39 is 0 Å². The summed E-state index contributed by atoms with van der Waals surface area (Å²) in [5.74, 6) is 0.962. The maximum Gasteiger partial charge on any atom is 0.144 e. The van der Waals surface area contributed by atoms with Gasteiger partial charge in [0.1, 0.15) is 18.2 Å². The van der Waals surface area contributed by atoms with Gasteiger partial charge in [0.2, 0.25) is 0 Å². The summed E-state index contributed by atoms with van der Waals surface area (Å²) in [6.45, 7) is 6.17. The molecule has 18 heavy (non-hydrogen) atoms. The monoisotopic (exact) mass is 314 g/mol. The lowest BCUT2D eigenvalue weighted by Gasteiger charge is -2.18. The third kappa shape index (κ3) is 4.50. The fourth-order valence-corrected chi connectivity index (χ4v) is 1.71. The fourth-order valence-electron chi connectivity index (χ4n) is 1.23. The van der Waals surface area contributed by atoms with Gasteiger partial charge >= 0.3 is 0 Å². The first kappa shape index (κ1) is 16.7. The number of hydrogen-bond donors (Lipinski definition) is 2. The van der Waals surface area contributed by atoms with Crippen LogP contribution in [-0.4, -0.2) is 43.2 Å². The second-order valence-corrected chi connectivity index (χ2v) is 4.29. The van der Waals surface area contributed by atoms with Crippen LogP contribution in [0.4, 0.5) is 0 Å². The molecule has 0 saturated heterocycles. The van der Waals surface area contributed by atoms with Crippen LogP contribution in [-0.2, 0) is 0 Å². The highest BCUT2D eigenvalue weighted by Gasteiger charge is 2.13. The van der Waals surface area contributed by atoms with Crippen LogP contribution in [0.5, 0.6) is 5.75 Å². The molecule has 2 N–H and O–H groups in total. The Hall–Kier alpha value is -1.33. The molecule has 1 aromatic rings. The Morgan fingerprint density at radius 1 is 1.44 bits per heavy atom. The molecular weight excluding hydrogens is 296 g/mol. The van der Waals surface area contributed by atoms with Gasteiger partial charge in [0.25, 0.3) is 0 Å². The average molecular weight is 315 g/mol. The highest BCUT2D eigenvalue weighted by molar-refractivity contribution is 9.10. The molecule has 0 aliphatic rings. The molecule has 0 amide bonds. The maximum atomic E-state index is 8.75. The molecule has 1 rings (SSSR count). The first-order chi connectivity index (χ1) is 8.57. The predicted octanol–water partition coefficient (Wildman–Crippen LogP) is 2.51. The number of ether oxygens (including phenoxy) is 1. The van der Waals surface area contributed by atoms with Crippen LogP contribution in [0.15, 0.2) is 35.8 Å². The van der Waals surface area contributed by atoms with E-state index in [0.717, 1.165) is 4.47 Å². The number of aliphatic hydroxyl groups is 1. The van der Waals surface area contributed by atoms with Gasteiger partial charge in [0.15, 0.2) is 0 Å². The molecular formula is C13H19BrN2O2. The lowest BCUT2D eigenvalue weighted by molar-refractivity contribution is 0.200. The predicted molar refractivity (Wildman–Crippen MR) is 78.5 cm³/mol. The number of aliphatic hydroxyl groups excluding tert-OH is 1. The molecule has 0 atom stereocenters. The smallest absolute Gasteiger partial charge is 0.144 e. The number of hydrogen-bond acceptors (Lipinski definition) is 3. The summed E-state index contributed by atoms with van der Waals surface area (Å²) < 4.78 is 6.21. The number of amidine groups is 1. The molecule has 4 nitrogen and oxygen atoms in total. The summed E-state index contributed by atoms with van der Waals surface area (Å²) in [7, 11) is 3.61. The minimum atomic E-state index is -0.0456. The van der Waals surface area contributed by atoms with E-state index in [1.165, 1.54) is 0 Å². The van der Waals surface area contributed by atoms with Gasteiger partial charge in [-0.15, -0.1) is 13.2 Å². The SMILES string of the molecule is C=C.CN(C)C(=N)c1cccc(Br)c1OCCO. The highest BCUT2D eigenvalue weighted by atomic mass is 79.9. The van der Waals surface area contributed by atoms with E-state index in [1.807, 2.05) is 18.2 Å². The van der Waals surface area contributed by atoms with Crippen molar-refractivity contribution in [2.45, 2.75) is 0 Å². The second kappa shape index (κ2) is 8.72. The lowest BCUT2D eigenvalue weighted by atomic mass is 10.1. The van der Waals surface area contributed by atoms with Gasteiger partial charge in [0, 0.05) is 14.1 Å². The molecule has 0 aromatic heterocycles. The third-order valence-corrected chi connectivity index (χ3v) is 2.63. The molecule has 0 aliphatic carbocycles. The van der Waals surface area contributed by atoms with Crippen LogP contribution in [0.3, 0.4) is 0 Å². The van der Waals surface area contributed by atoms with Crippen LogP contribution in [0.1, 0.15) is 5.56 Å². The molecule has 1 aromatic carbocycles. The average Bonchev–Trinajstić information content (AvgIpc) is 2.38. The number of nitrogens with zero attached hydrogens (tertiary/aromatic N) is 1. The number of halogens is 1. The summed E-state index contributed by atoms with van der Waals surface area (Å²) in [6.07, 6.45) is 0. The molecule has 0 saturated carbocycles. The van der Waals surface area contributed by atoms with Gasteiger partial charge in [-0.2, -0.15) is 0 Å². The van der Waals surface area contributed by atoms with Gasteiger partial charge in [-0.25, -0.2) is 0 Å². The summed E-state index contributed by atoms with van der Waals surface area (Å²) >= 11 is 3.37. The number of rotatable bonds is 4. The Bertz CT molecular complexity index is 395. The zero-order valence-corrected chi connectivity index (χ0v) is 12.3. The molecule has 0 aliphatic heterocycles. The molecule has 0 unspecified atom stereocenters. The van der Waals surface area contributed by atoms with Crippen LogP contribution in [0.2, 0.25) is 0 Å². The molecule has 0 spiro atoms. The minimum absolute atomic E-state index is 0.0456. The van der Waals surface area contributed by atoms with Crippen molar-refractivity contribution in [1.82, 2.24) is 4.90 Å². The van der Waals surface area contributed by atoms with E-state index in [1.54, 1.807) is 19.0 Å². The summed E-state index contributed by atoms with van der Waals surface area (Å²) in [6, 6.07) is 5.52. The van der Waals surface area contributed by atoms with Crippen molar-refractivity contribution in [2.75, 3.05) is 27.3 Å². The Morgan fingerprint density at radius 2 is 2.06 bits per heavy atom. The van der Waals surface area contributed by atoms with Crippen molar-refractivity contribution in [3.63, 3.8) is 0 Å². The molecule has 0 radical (unpaired) electrons. The quantitative estimate of drug-likeness (QED) is 0.510. The van der Waals surface area contributed by atoms with Crippen molar-refractivity contribution in [3.05, 3.63) is 41.4 Å². The number of benzene rings is 1. The zero-order valence-electron chi connectivity index (χ0n) is 10.7. The van der Waals surface area contributed by atoms with Crippen LogP contribution < -0.4 is 4.74 Å². The van der Waals surface area contributed by atoms with Crippen LogP contribution in [0.25, 0.3) is 0 Å². The topological polar surface area (TPSA) is 56.6 Å². The van der Waals surface area contributed by atoms with Crippen molar-refractivity contribution < 1.29 is 9.84 Å². The Balaban J connectivity index is 0.00000137. The molecule has 100 valence electrons. The summed E-state index contributed by atoms with van der Waals surface area (Å²) in [5.41, 5.74) is 0.702. The lowest BCUT2D eigenvalue weighted by Crippen LogP contribution is -2.22. The molecule has 0 fully saturated rings. The van der Waals surface area contributed by atoms with E-state index in [9.17, 15) is 0 Å². The van der Waals surface area contributed by atoms with E-state index in [2.05, 4.69) is 29.1 Å². The molecule has 0 bridgehead atoms. The first-order valence-electron chi connectivity index (χ1n) is 5.36. The van der Waals surface area contributed by atoms with Crippen molar-refractivity contribution in [2.24, 2.45) is 0 Å². The third-order valence-electron chi connectivity index (χ3n) is 2.01. The van der Waals surface area contributed by atoms with Gasteiger partial charge in [-0.05, 0) is 28.1 Å². The van der Waals surface area contributed by atoms with Crippen molar-refractivity contribution >= 4 is 21.8 Å². The van der Waals surface area contributed by atoms with Crippen LogP contribution in [0, 0.1) is 5.41 Å². The summed E-state index contributed by atoms with van der Waals surface area (Å²) in [4.78, 5) is 1.70. The van der Waals surface area contributed by atoms with E-state index in [-0.39, 0.29) is 13.2 Å². The number of para-hydroxylation sites is 1. The van der Waals surface area contributed by atoms with Gasteiger partial charge in [0.05, 0.1) is 16.6 Å². The maximum absolute atomic E-state index is 8.75. The van der Waals surface area contributed by atoms with Gasteiger partial charge in [-0.1, -0.05) is 6.07 Å². The van der Waals surface area contributed by atoms with Gasteiger partial charge in [-0.3, -0.25) is 5.41 Å². The fraction of sp³-hybridized carbons (Fsp3) is 0.308. The normalized spacial score (nSPS) is 9.11. The van der Waals surface area contributed by atoms with Gasteiger partial charge < -0.3 is 14.7 Å². The standard InChI is InChI=1S/C11H15BrN2O2.C2H4/c1-14(2)11(13)8-4-3-5-9(12)10(8)16-7-6-15;1-2/h3-5,13,15H,6-7H2,1-2H3;1-2H2. The van der Waals surface area contributed by atoms with Crippen molar-refractivity contribution in [1.29, 1.82) is 5.41 Å².